The number of rotatable bonds is 11. The third kappa shape index (κ3) is 6.04. The van der Waals surface area contributed by atoms with Crippen LogP contribution in [-0.4, -0.2) is 59.5 Å². The molecule has 192 valence electrons. The van der Waals surface area contributed by atoms with Gasteiger partial charge in [0, 0.05) is 36.5 Å². The van der Waals surface area contributed by atoms with Crippen LogP contribution in [0.15, 0.2) is 41.6 Å². The number of hydrogen-bond acceptors (Lipinski definition) is 9. The highest BCUT2D eigenvalue weighted by atomic mass is 16.6. The zero-order valence-corrected chi connectivity index (χ0v) is 20.6. The Bertz CT molecular complexity index is 1270. The summed E-state index contributed by atoms with van der Waals surface area (Å²) in [6.45, 7) is 1.69. The minimum Gasteiger partial charge on any atom is -0.507 e. The molecular weight excluding hydrogens is 470 g/mol. The number of ether oxygens (including phenoxy) is 4. The summed E-state index contributed by atoms with van der Waals surface area (Å²) in [5.74, 6) is -1.72. The number of esters is 2. The van der Waals surface area contributed by atoms with Gasteiger partial charge in [0.25, 0.3) is 5.56 Å². The Hall–Kier alpha value is -4.28. The highest BCUT2D eigenvalue weighted by Gasteiger charge is 2.27. The smallest absolute Gasteiger partial charge is 0.343 e. The molecule has 0 saturated heterocycles. The van der Waals surface area contributed by atoms with Gasteiger partial charge < -0.3 is 33.6 Å². The number of hydrogen-bond donors (Lipinski definition) is 2. The zero-order valence-electron chi connectivity index (χ0n) is 20.6. The van der Waals surface area contributed by atoms with E-state index in [0.29, 0.717) is 30.0 Å². The van der Waals surface area contributed by atoms with Crippen LogP contribution in [-0.2, 0) is 32.0 Å². The molecule has 0 radical (unpaired) electrons. The SMILES string of the molecule is COC(=O)COc1cc([C@H](CC(=O)OC)c2c(O)cc(C)n(CCc3cnc[nH]3)c2=O)ccc1OC. The molecular formula is C25H29N3O8. The van der Waals surface area contributed by atoms with Crippen molar-refractivity contribution in [2.45, 2.75) is 32.2 Å². The lowest BCUT2D eigenvalue weighted by molar-refractivity contribution is -0.143. The second-order valence-electron chi connectivity index (χ2n) is 7.98. The lowest BCUT2D eigenvalue weighted by Gasteiger charge is -2.21. The van der Waals surface area contributed by atoms with E-state index in [2.05, 4.69) is 14.7 Å². The second kappa shape index (κ2) is 11.9. The van der Waals surface area contributed by atoms with Crippen molar-refractivity contribution in [3.8, 4) is 17.2 Å². The number of aromatic amines is 1. The topological polar surface area (TPSA) is 142 Å². The highest BCUT2D eigenvalue weighted by molar-refractivity contribution is 5.72. The summed E-state index contributed by atoms with van der Waals surface area (Å²) in [6, 6.07) is 6.30. The van der Waals surface area contributed by atoms with Crippen molar-refractivity contribution < 1.29 is 33.6 Å². The van der Waals surface area contributed by atoms with Gasteiger partial charge in [-0.2, -0.15) is 0 Å². The molecule has 2 N–H and O–H groups in total. The third-order valence-corrected chi connectivity index (χ3v) is 5.79. The minimum atomic E-state index is -0.865. The maximum absolute atomic E-state index is 13.6. The van der Waals surface area contributed by atoms with Crippen LogP contribution in [0.4, 0.5) is 0 Å². The van der Waals surface area contributed by atoms with E-state index in [-0.39, 0.29) is 30.1 Å². The van der Waals surface area contributed by atoms with Gasteiger partial charge in [-0.3, -0.25) is 9.59 Å². The van der Waals surface area contributed by atoms with E-state index in [1.165, 1.54) is 27.4 Å². The fraction of sp³-hybridized carbons (Fsp3) is 0.360. The molecule has 0 aliphatic carbocycles. The average Bonchev–Trinajstić information content (AvgIpc) is 3.39. The summed E-state index contributed by atoms with van der Waals surface area (Å²) in [6.07, 6.45) is 3.53. The van der Waals surface area contributed by atoms with Crippen LogP contribution in [0.2, 0.25) is 0 Å². The number of benzene rings is 1. The second-order valence-corrected chi connectivity index (χ2v) is 7.98. The Morgan fingerprint density at radius 1 is 1.11 bits per heavy atom. The van der Waals surface area contributed by atoms with Crippen molar-refractivity contribution in [3.63, 3.8) is 0 Å². The molecule has 0 unspecified atom stereocenters. The average molecular weight is 500 g/mol. The standard InChI is InChI=1S/C25H29N3O8/c1-15-9-19(29)24(25(32)28(15)8-7-17-12-26-14-27-17)18(11-22(30)34-3)16-5-6-20(33-2)21(10-16)36-13-23(31)35-4/h5-6,9-10,12,14,18,29H,7-8,11,13H2,1-4H3,(H,26,27)/t18-/m0/s1. The minimum absolute atomic E-state index is 0.0414. The maximum Gasteiger partial charge on any atom is 0.343 e. The first-order valence-corrected chi connectivity index (χ1v) is 11.1. The van der Waals surface area contributed by atoms with Gasteiger partial charge in [-0.25, -0.2) is 9.78 Å². The highest BCUT2D eigenvalue weighted by Crippen LogP contribution is 2.37. The van der Waals surface area contributed by atoms with Crippen LogP contribution in [0, 0.1) is 6.92 Å². The Kier molecular flexibility index (Phi) is 8.71. The summed E-state index contributed by atoms with van der Waals surface area (Å²) >= 11 is 0. The summed E-state index contributed by atoms with van der Waals surface area (Å²) in [4.78, 5) is 44.5. The predicted octanol–water partition coefficient (Wildman–Crippen LogP) is 2.08. The molecule has 3 aromatic rings. The number of aromatic hydroxyl groups is 1. The van der Waals surface area contributed by atoms with Gasteiger partial charge in [-0.1, -0.05) is 6.07 Å². The van der Waals surface area contributed by atoms with Crippen LogP contribution >= 0.6 is 0 Å². The molecule has 0 amide bonds. The molecule has 0 aliphatic rings. The summed E-state index contributed by atoms with van der Waals surface area (Å²) < 4.78 is 21.9. The molecule has 2 aromatic heterocycles. The lowest BCUT2D eigenvalue weighted by Crippen LogP contribution is -2.29. The first kappa shape index (κ1) is 26.3. The van der Waals surface area contributed by atoms with Gasteiger partial charge in [-0.05, 0) is 30.7 Å². The number of H-pyrrole nitrogens is 1. The molecule has 11 nitrogen and oxygen atoms in total. The van der Waals surface area contributed by atoms with Gasteiger partial charge in [0.1, 0.15) is 5.75 Å². The summed E-state index contributed by atoms with van der Waals surface area (Å²) in [5, 5.41) is 10.8. The van der Waals surface area contributed by atoms with Crippen molar-refractivity contribution >= 4 is 11.9 Å². The lowest BCUT2D eigenvalue weighted by atomic mass is 9.88. The molecule has 0 saturated carbocycles. The van der Waals surface area contributed by atoms with E-state index in [1.807, 2.05) is 0 Å². The van der Waals surface area contributed by atoms with Gasteiger partial charge in [0.2, 0.25) is 0 Å². The Balaban J connectivity index is 2.08. The molecule has 36 heavy (non-hydrogen) atoms. The van der Waals surface area contributed by atoms with E-state index in [4.69, 9.17) is 14.2 Å². The largest absolute Gasteiger partial charge is 0.507 e. The third-order valence-electron chi connectivity index (χ3n) is 5.79. The van der Waals surface area contributed by atoms with Crippen LogP contribution in [0.5, 0.6) is 17.2 Å². The number of aryl methyl sites for hydroxylation is 2. The van der Waals surface area contributed by atoms with Crippen LogP contribution in [0.1, 0.15) is 34.9 Å². The predicted molar refractivity (Wildman–Crippen MR) is 128 cm³/mol. The van der Waals surface area contributed by atoms with Gasteiger partial charge in [0.05, 0.1) is 39.6 Å². The van der Waals surface area contributed by atoms with E-state index in [0.717, 1.165) is 5.69 Å². The number of carbonyl (C=O) groups excluding carboxylic acids is 2. The van der Waals surface area contributed by atoms with E-state index < -0.39 is 23.4 Å². The number of pyridine rings is 1. The van der Waals surface area contributed by atoms with Crippen LogP contribution in [0.25, 0.3) is 0 Å². The summed E-state index contributed by atoms with van der Waals surface area (Å²) in [7, 11) is 3.93. The van der Waals surface area contributed by atoms with Gasteiger partial charge in [0.15, 0.2) is 18.1 Å². The number of methoxy groups -OCH3 is 3. The zero-order chi connectivity index (χ0) is 26.2. The molecule has 2 heterocycles. The molecule has 0 aliphatic heterocycles. The summed E-state index contributed by atoms with van der Waals surface area (Å²) in [5.41, 5.74) is 1.50. The molecule has 1 atom stereocenters. The normalized spacial score (nSPS) is 11.6. The number of nitrogens with one attached hydrogen (secondary N) is 1. The quantitative estimate of drug-likeness (QED) is 0.379. The molecule has 0 fully saturated rings. The first-order chi connectivity index (χ1) is 17.3. The van der Waals surface area contributed by atoms with Crippen LogP contribution < -0.4 is 15.0 Å². The van der Waals surface area contributed by atoms with E-state index >= 15 is 0 Å². The molecule has 1 aromatic carbocycles. The molecule has 0 bridgehead atoms. The number of nitrogens with zero attached hydrogens (tertiary/aromatic N) is 2. The van der Waals surface area contributed by atoms with Crippen molar-refractivity contribution in [2.75, 3.05) is 27.9 Å². The monoisotopic (exact) mass is 499 g/mol. The Labute approximate surface area is 207 Å². The molecule has 3 rings (SSSR count). The van der Waals surface area contributed by atoms with E-state index in [9.17, 15) is 19.5 Å². The van der Waals surface area contributed by atoms with Crippen molar-refractivity contribution in [3.05, 3.63) is 69.7 Å². The Morgan fingerprint density at radius 2 is 1.86 bits per heavy atom. The number of imidazole rings is 1. The Morgan fingerprint density at radius 3 is 2.50 bits per heavy atom. The van der Waals surface area contributed by atoms with Gasteiger partial charge >= 0.3 is 11.9 Å². The van der Waals surface area contributed by atoms with Crippen LogP contribution in [0.3, 0.4) is 0 Å². The fourth-order valence-corrected chi connectivity index (χ4v) is 3.88. The fourth-order valence-electron chi connectivity index (χ4n) is 3.88. The molecule has 0 spiro atoms. The molecule has 11 heteroatoms. The van der Waals surface area contributed by atoms with E-state index in [1.54, 1.807) is 42.2 Å². The maximum atomic E-state index is 13.6. The number of aromatic nitrogens is 3. The van der Waals surface area contributed by atoms with Gasteiger partial charge in [-0.15, -0.1) is 0 Å². The van der Waals surface area contributed by atoms with Crippen molar-refractivity contribution in [1.29, 1.82) is 0 Å². The van der Waals surface area contributed by atoms with Crippen molar-refractivity contribution in [2.24, 2.45) is 0 Å². The first-order valence-electron chi connectivity index (χ1n) is 11.1. The van der Waals surface area contributed by atoms with Crippen molar-refractivity contribution in [1.82, 2.24) is 14.5 Å². The number of carbonyl (C=O) groups is 2.